The van der Waals surface area contributed by atoms with Gasteiger partial charge in [0, 0.05) is 5.69 Å². The van der Waals surface area contributed by atoms with Gasteiger partial charge in [-0.2, -0.15) is 4.68 Å². The lowest BCUT2D eigenvalue weighted by molar-refractivity contribution is 0.102. The number of anilines is 1. The molecule has 1 N–H and O–H groups in total. The van der Waals surface area contributed by atoms with Gasteiger partial charge >= 0.3 is 0 Å². The Bertz CT molecular complexity index is 861. The molecule has 7 heteroatoms. The second-order valence-electron chi connectivity index (χ2n) is 5.61. The largest absolute Gasteiger partial charge is 0.322 e. The normalized spacial score (nSPS) is 10.8. The lowest BCUT2D eigenvalue weighted by atomic mass is 10.0. The summed E-state index contributed by atoms with van der Waals surface area (Å²) in [6.45, 7) is 4.08. The Kier molecular flexibility index (Phi) is 4.33. The van der Waals surface area contributed by atoms with Gasteiger partial charge < -0.3 is 5.32 Å². The van der Waals surface area contributed by atoms with Crippen molar-refractivity contribution in [3.63, 3.8) is 0 Å². The maximum Gasteiger partial charge on any atom is 0.257 e. The van der Waals surface area contributed by atoms with Crippen LogP contribution in [0.1, 0.15) is 35.7 Å². The van der Waals surface area contributed by atoms with Crippen molar-refractivity contribution in [1.82, 2.24) is 20.2 Å². The highest BCUT2D eigenvalue weighted by atomic mass is 19.1. The first-order valence-electron chi connectivity index (χ1n) is 7.49. The van der Waals surface area contributed by atoms with E-state index in [1.807, 2.05) is 38.1 Å². The molecule has 0 unspecified atom stereocenters. The third kappa shape index (κ3) is 3.15. The third-order valence-corrected chi connectivity index (χ3v) is 3.63. The number of nitrogens with one attached hydrogen (secondary N) is 1. The van der Waals surface area contributed by atoms with Crippen LogP contribution in [0.2, 0.25) is 0 Å². The molecule has 6 nitrogen and oxygen atoms in total. The molecule has 3 aromatic rings. The quantitative estimate of drug-likeness (QED) is 0.799. The summed E-state index contributed by atoms with van der Waals surface area (Å²) in [5.74, 6) is -0.685. The van der Waals surface area contributed by atoms with Crippen LogP contribution in [0.3, 0.4) is 0 Å². The van der Waals surface area contributed by atoms with E-state index in [0.29, 0.717) is 11.4 Å². The average Bonchev–Trinajstić information content (AvgIpc) is 3.09. The van der Waals surface area contributed by atoms with Crippen molar-refractivity contribution >= 4 is 11.6 Å². The number of rotatable bonds is 4. The first kappa shape index (κ1) is 15.8. The number of hydrogen-bond acceptors (Lipinski definition) is 4. The summed E-state index contributed by atoms with van der Waals surface area (Å²) in [5.41, 5.74) is 2.26. The minimum atomic E-state index is -0.505. The van der Waals surface area contributed by atoms with E-state index in [2.05, 4.69) is 20.8 Å². The molecule has 0 saturated carbocycles. The molecule has 0 fully saturated rings. The molecule has 0 aliphatic rings. The Morgan fingerprint density at radius 1 is 1.21 bits per heavy atom. The molecule has 122 valence electrons. The number of benzene rings is 2. The fourth-order valence-corrected chi connectivity index (χ4v) is 2.47. The molecule has 1 aromatic heterocycles. The zero-order valence-electron chi connectivity index (χ0n) is 13.3. The van der Waals surface area contributed by atoms with E-state index in [1.54, 1.807) is 0 Å². The Balaban J connectivity index is 1.98. The van der Waals surface area contributed by atoms with Crippen LogP contribution in [0.15, 0.2) is 48.8 Å². The van der Waals surface area contributed by atoms with Crippen LogP contribution in [0.4, 0.5) is 10.1 Å². The number of amides is 1. The number of aromatic nitrogens is 4. The van der Waals surface area contributed by atoms with Gasteiger partial charge in [-0.1, -0.05) is 32.0 Å². The van der Waals surface area contributed by atoms with E-state index in [0.717, 1.165) is 5.56 Å². The molecule has 0 bridgehead atoms. The molecular weight excluding hydrogens is 309 g/mol. The van der Waals surface area contributed by atoms with E-state index in [-0.39, 0.29) is 11.5 Å². The molecular formula is C17H16FN5O. The van der Waals surface area contributed by atoms with Crippen molar-refractivity contribution in [2.24, 2.45) is 0 Å². The average molecular weight is 325 g/mol. The maximum atomic E-state index is 13.7. The molecule has 2 aromatic carbocycles. The number of carbonyl (C=O) groups excluding carboxylic acids is 1. The Morgan fingerprint density at radius 3 is 2.71 bits per heavy atom. The lowest BCUT2D eigenvalue weighted by Gasteiger charge is -2.15. The minimum absolute atomic E-state index is 0.154. The standard InChI is InChI=1S/C17H16FN5O/c1-11(2)13-5-3-4-6-15(13)20-17(24)14-9-12(18)7-8-16(14)23-10-19-21-22-23/h3-11H,1-2H3,(H,20,24). The number of hydrogen-bond donors (Lipinski definition) is 1. The predicted molar refractivity (Wildman–Crippen MR) is 87.6 cm³/mol. The number of carbonyl (C=O) groups is 1. The lowest BCUT2D eigenvalue weighted by Crippen LogP contribution is -2.17. The van der Waals surface area contributed by atoms with Crippen molar-refractivity contribution < 1.29 is 9.18 Å². The monoisotopic (exact) mass is 325 g/mol. The highest BCUT2D eigenvalue weighted by molar-refractivity contribution is 6.07. The van der Waals surface area contributed by atoms with Gasteiger partial charge in [-0.05, 0) is 46.2 Å². The van der Waals surface area contributed by atoms with E-state index >= 15 is 0 Å². The summed E-state index contributed by atoms with van der Waals surface area (Å²) < 4.78 is 15.0. The Labute approximate surface area is 138 Å². The highest BCUT2D eigenvalue weighted by Crippen LogP contribution is 2.25. The zero-order chi connectivity index (χ0) is 17.1. The Morgan fingerprint density at radius 2 is 2.00 bits per heavy atom. The molecule has 0 aliphatic heterocycles. The number of nitrogens with zero attached hydrogens (tertiary/aromatic N) is 4. The molecule has 0 atom stereocenters. The van der Waals surface area contributed by atoms with Gasteiger partial charge in [0.25, 0.3) is 5.91 Å². The van der Waals surface area contributed by atoms with Crippen molar-refractivity contribution in [1.29, 1.82) is 0 Å². The maximum absolute atomic E-state index is 13.7. The molecule has 1 amide bonds. The number of halogens is 1. The van der Waals surface area contributed by atoms with Crippen LogP contribution in [0.5, 0.6) is 0 Å². The number of para-hydroxylation sites is 1. The topological polar surface area (TPSA) is 72.7 Å². The van der Waals surface area contributed by atoms with Crippen LogP contribution >= 0.6 is 0 Å². The highest BCUT2D eigenvalue weighted by Gasteiger charge is 2.17. The van der Waals surface area contributed by atoms with Crippen molar-refractivity contribution in [2.45, 2.75) is 19.8 Å². The van der Waals surface area contributed by atoms with E-state index in [4.69, 9.17) is 0 Å². The van der Waals surface area contributed by atoms with Crippen LogP contribution in [0.25, 0.3) is 5.69 Å². The first-order valence-corrected chi connectivity index (χ1v) is 7.49. The third-order valence-electron chi connectivity index (χ3n) is 3.63. The summed E-state index contributed by atoms with van der Waals surface area (Å²) in [6.07, 6.45) is 1.35. The van der Waals surface area contributed by atoms with Gasteiger partial charge in [-0.15, -0.1) is 5.10 Å². The predicted octanol–water partition coefficient (Wildman–Crippen LogP) is 3.18. The van der Waals surface area contributed by atoms with Crippen LogP contribution < -0.4 is 5.32 Å². The van der Waals surface area contributed by atoms with Crippen molar-refractivity contribution in [2.75, 3.05) is 5.32 Å². The second-order valence-corrected chi connectivity index (χ2v) is 5.61. The molecule has 0 radical (unpaired) electrons. The van der Waals surface area contributed by atoms with Crippen LogP contribution in [0, 0.1) is 5.82 Å². The molecule has 1 heterocycles. The fraction of sp³-hybridized carbons (Fsp3) is 0.176. The Hall–Kier alpha value is -3.09. The molecule has 0 aliphatic carbocycles. The van der Waals surface area contributed by atoms with E-state index in [9.17, 15) is 9.18 Å². The smallest absolute Gasteiger partial charge is 0.257 e. The zero-order valence-corrected chi connectivity index (χ0v) is 13.3. The van der Waals surface area contributed by atoms with Gasteiger partial charge in [0.1, 0.15) is 12.1 Å². The summed E-state index contributed by atoms with van der Waals surface area (Å²) in [4.78, 5) is 12.7. The number of tetrazole rings is 1. The first-order chi connectivity index (χ1) is 11.6. The molecule has 24 heavy (non-hydrogen) atoms. The van der Waals surface area contributed by atoms with E-state index in [1.165, 1.54) is 29.2 Å². The van der Waals surface area contributed by atoms with Gasteiger partial charge in [0.2, 0.25) is 0 Å². The SMILES string of the molecule is CC(C)c1ccccc1NC(=O)c1cc(F)ccc1-n1cnnn1. The van der Waals surface area contributed by atoms with Crippen molar-refractivity contribution in [3.05, 3.63) is 65.7 Å². The molecule has 0 saturated heterocycles. The van der Waals surface area contributed by atoms with Gasteiger partial charge in [0.15, 0.2) is 0 Å². The summed E-state index contributed by atoms with van der Waals surface area (Å²) in [6, 6.07) is 11.4. The minimum Gasteiger partial charge on any atom is -0.322 e. The van der Waals surface area contributed by atoms with Gasteiger partial charge in [-0.25, -0.2) is 4.39 Å². The van der Waals surface area contributed by atoms with Gasteiger partial charge in [-0.3, -0.25) is 4.79 Å². The van der Waals surface area contributed by atoms with Crippen LogP contribution in [-0.2, 0) is 0 Å². The fourth-order valence-electron chi connectivity index (χ4n) is 2.47. The van der Waals surface area contributed by atoms with Crippen molar-refractivity contribution in [3.8, 4) is 5.69 Å². The molecule has 0 spiro atoms. The van der Waals surface area contributed by atoms with E-state index < -0.39 is 11.7 Å². The summed E-state index contributed by atoms with van der Waals surface area (Å²) >= 11 is 0. The molecule has 3 rings (SSSR count). The summed E-state index contributed by atoms with van der Waals surface area (Å²) in [5, 5.41) is 13.7. The summed E-state index contributed by atoms with van der Waals surface area (Å²) in [7, 11) is 0. The van der Waals surface area contributed by atoms with Gasteiger partial charge in [0.05, 0.1) is 11.3 Å². The second kappa shape index (κ2) is 6.57. The van der Waals surface area contributed by atoms with Crippen LogP contribution in [-0.4, -0.2) is 26.1 Å².